The molecule has 0 aliphatic heterocycles. The highest BCUT2D eigenvalue weighted by molar-refractivity contribution is 7.80. The van der Waals surface area contributed by atoms with Crippen molar-refractivity contribution in [3.63, 3.8) is 0 Å². The van der Waals surface area contributed by atoms with Crippen LogP contribution in [-0.2, 0) is 6.54 Å². The number of hydrogen-bond acceptors (Lipinski definition) is 3. The second kappa shape index (κ2) is 8.72. The largest absolute Gasteiger partial charge is 0.497 e. The Morgan fingerprint density at radius 2 is 1.89 bits per heavy atom. The van der Waals surface area contributed by atoms with E-state index in [4.69, 9.17) is 17.0 Å². The van der Waals surface area contributed by atoms with Gasteiger partial charge < -0.3 is 20.3 Å². The van der Waals surface area contributed by atoms with E-state index in [-0.39, 0.29) is 0 Å². The summed E-state index contributed by atoms with van der Waals surface area (Å²) in [5.74, 6) is 0.869. The zero-order chi connectivity index (χ0) is 14.1. The van der Waals surface area contributed by atoms with E-state index in [0.717, 1.165) is 31.8 Å². The lowest BCUT2D eigenvalue weighted by molar-refractivity contribution is 0.400. The van der Waals surface area contributed by atoms with E-state index in [2.05, 4.69) is 29.6 Å². The Balaban J connectivity index is 2.18. The van der Waals surface area contributed by atoms with E-state index in [0.29, 0.717) is 5.11 Å². The lowest BCUT2D eigenvalue weighted by Gasteiger charge is -2.12. The summed E-state index contributed by atoms with van der Waals surface area (Å²) in [4.78, 5) is 2.16. The van der Waals surface area contributed by atoms with Gasteiger partial charge in [-0.3, -0.25) is 0 Å². The molecule has 0 spiro atoms. The average Bonchev–Trinajstić information content (AvgIpc) is 2.41. The highest BCUT2D eigenvalue weighted by Gasteiger charge is 1.97. The van der Waals surface area contributed by atoms with Crippen LogP contribution in [0.5, 0.6) is 5.75 Å². The second-order valence-corrected chi connectivity index (χ2v) is 5.02. The van der Waals surface area contributed by atoms with Crippen molar-refractivity contribution >= 4 is 17.3 Å². The smallest absolute Gasteiger partial charge is 0.166 e. The van der Waals surface area contributed by atoms with Gasteiger partial charge in [0, 0.05) is 13.1 Å². The van der Waals surface area contributed by atoms with Gasteiger partial charge in [0.1, 0.15) is 5.75 Å². The van der Waals surface area contributed by atoms with Crippen molar-refractivity contribution in [3.8, 4) is 5.75 Å². The Morgan fingerprint density at radius 1 is 1.21 bits per heavy atom. The predicted octanol–water partition coefficient (Wildman–Crippen LogP) is 1.61. The van der Waals surface area contributed by atoms with Crippen LogP contribution >= 0.6 is 12.2 Å². The Labute approximate surface area is 121 Å². The molecular formula is C14H23N3OS. The van der Waals surface area contributed by atoms with Crippen molar-refractivity contribution in [2.24, 2.45) is 0 Å². The number of nitrogens with one attached hydrogen (secondary N) is 2. The molecule has 0 aliphatic carbocycles. The van der Waals surface area contributed by atoms with Gasteiger partial charge in [0.2, 0.25) is 0 Å². The first kappa shape index (κ1) is 15.7. The van der Waals surface area contributed by atoms with Crippen molar-refractivity contribution in [2.75, 3.05) is 34.3 Å². The minimum Gasteiger partial charge on any atom is -0.497 e. The summed E-state index contributed by atoms with van der Waals surface area (Å²) in [5, 5.41) is 7.09. The molecule has 1 rings (SSSR count). The summed E-state index contributed by atoms with van der Waals surface area (Å²) >= 11 is 5.22. The van der Waals surface area contributed by atoms with E-state index in [1.807, 2.05) is 24.3 Å². The molecule has 0 saturated carbocycles. The molecular weight excluding hydrogens is 258 g/mol. The Hall–Kier alpha value is -1.33. The topological polar surface area (TPSA) is 36.5 Å². The molecule has 1 aromatic rings. The molecule has 2 N–H and O–H groups in total. The van der Waals surface area contributed by atoms with Crippen molar-refractivity contribution in [3.05, 3.63) is 29.8 Å². The fourth-order valence-corrected chi connectivity index (χ4v) is 1.76. The van der Waals surface area contributed by atoms with Gasteiger partial charge in [0.05, 0.1) is 7.11 Å². The quantitative estimate of drug-likeness (QED) is 0.587. The monoisotopic (exact) mass is 281 g/mol. The summed E-state index contributed by atoms with van der Waals surface area (Å²) < 4.78 is 5.12. The highest BCUT2D eigenvalue weighted by Crippen LogP contribution is 2.10. The zero-order valence-corrected chi connectivity index (χ0v) is 12.7. The van der Waals surface area contributed by atoms with Crippen LogP contribution in [0.4, 0.5) is 0 Å². The lowest BCUT2D eigenvalue weighted by atomic mass is 10.2. The molecule has 106 valence electrons. The molecule has 0 bridgehead atoms. The first-order valence-corrected chi connectivity index (χ1v) is 6.82. The van der Waals surface area contributed by atoms with Crippen LogP contribution < -0.4 is 15.4 Å². The van der Waals surface area contributed by atoms with Crippen molar-refractivity contribution < 1.29 is 4.74 Å². The third kappa shape index (κ3) is 6.98. The molecule has 0 saturated heterocycles. The van der Waals surface area contributed by atoms with Gasteiger partial charge in [-0.05, 0) is 57.0 Å². The Morgan fingerprint density at radius 3 is 2.47 bits per heavy atom. The van der Waals surface area contributed by atoms with Crippen molar-refractivity contribution in [1.82, 2.24) is 15.5 Å². The molecule has 19 heavy (non-hydrogen) atoms. The van der Waals surface area contributed by atoms with Crippen LogP contribution in [0.25, 0.3) is 0 Å². The maximum atomic E-state index is 5.22. The van der Waals surface area contributed by atoms with Crippen LogP contribution in [0.15, 0.2) is 24.3 Å². The number of hydrogen-bond donors (Lipinski definition) is 2. The summed E-state index contributed by atoms with van der Waals surface area (Å²) in [6.45, 7) is 2.68. The molecule has 0 heterocycles. The SMILES string of the molecule is COc1ccc(CNC(=S)NCCCN(C)C)cc1. The van der Waals surface area contributed by atoms with E-state index < -0.39 is 0 Å². The summed E-state index contributed by atoms with van der Waals surface area (Å²) in [5.41, 5.74) is 1.18. The normalized spacial score (nSPS) is 10.3. The number of methoxy groups -OCH3 is 1. The number of rotatable bonds is 7. The van der Waals surface area contributed by atoms with Crippen LogP contribution in [0, 0.1) is 0 Å². The molecule has 5 heteroatoms. The van der Waals surface area contributed by atoms with Gasteiger partial charge in [-0.15, -0.1) is 0 Å². The average molecular weight is 281 g/mol. The highest BCUT2D eigenvalue weighted by atomic mass is 32.1. The minimum atomic E-state index is 0.703. The van der Waals surface area contributed by atoms with Crippen LogP contribution in [0.1, 0.15) is 12.0 Å². The van der Waals surface area contributed by atoms with Crippen molar-refractivity contribution in [1.29, 1.82) is 0 Å². The van der Waals surface area contributed by atoms with E-state index in [9.17, 15) is 0 Å². The fourth-order valence-electron chi connectivity index (χ4n) is 1.59. The minimum absolute atomic E-state index is 0.703. The molecule has 0 unspecified atom stereocenters. The molecule has 1 aromatic carbocycles. The maximum Gasteiger partial charge on any atom is 0.166 e. The zero-order valence-electron chi connectivity index (χ0n) is 11.9. The number of thiocarbonyl (C=S) groups is 1. The Bertz CT molecular complexity index is 379. The summed E-state index contributed by atoms with van der Waals surface area (Å²) in [6.07, 6.45) is 1.08. The second-order valence-electron chi connectivity index (χ2n) is 4.61. The molecule has 0 fully saturated rings. The fraction of sp³-hybridized carbons (Fsp3) is 0.500. The predicted molar refractivity (Wildman–Crippen MR) is 83.6 cm³/mol. The molecule has 0 radical (unpaired) electrons. The van der Waals surface area contributed by atoms with Gasteiger partial charge in [0.15, 0.2) is 5.11 Å². The van der Waals surface area contributed by atoms with Crippen molar-refractivity contribution in [2.45, 2.75) is 13.0 Å². The van der Waals surface area contributed by atoms with Gasteiger partial charge in [0.25, 0.3) is 0 Å². The van der Waals surface area contributed by atoms with E-state index in [1.54, 1.807) is 7.11 Å². The first-order valence-electron chi connectivity index (χ1n) is 6.41. The van der Waals surface area contributed by atoms with Crippen LogP contribution in [-0.4, -0.2) is 44.3 Å². The molecule has 4 nitrogen and oxygen atoms in total. The van der Waals surface area contributed by atoms with Gasteiger partial charge in [-0.1, -0.05) is 12.1 Å². The van der Waals surface area contributed by atoms with Gasteiger partial charge in [-0.2, -0.15) is 0 Å². The third-order valence-corrected chi connectivity index (χ3v) is 2.97. The van der Waals surface area contributed by atoms with Gasteiger partial charge in [-0.25, -0.2) is 0 Å². The van der Waals surface area contributed by atoms with Crippen LogP contribution in [0.3, 0.4) is 0 Å². The maximum absolute atomic E-state index is 5.22. The van der Waals surface area contributed by atoms with Crippen LogP contribution in [0.2, 0.25) is 0 Å². The lowest BCUT2D eigenvalue weighted by Crippen LogP contribution is -2.36. The third-order valence-electron chi connectivity index (χ3n) is 2.68. The molecule has 0 aliphatic rings. The van der Waals surface area contributed by atoms with E-state index >= 15 is 0 Å². The standard InChI is InChI=1S/C14H23N3OS/c1-17(2)10-4-9-15-14(19)16-11-12-5-7-13(18-3)8-6-12/h5-8H,4,9-11H2,1-3H3,(H2,15,16,19). The number of nitrogens with zero attached hydrogens (tertiary/aromatic N) is 1. The van der Waals surface area contributed by atoms with E-state index in [1.165, 1.54) is 5.56 Å². The van der Waals surface area contributed by atoms with Gasteiger partial charge >= 0.3 is 0 Å². The number of ether oxygens (including phenoxy) is 1. The summed E-state index contributed by atoms with van der Waals surface area (Å²) in [7, 11) is 5.81. The first-order chi connectivity index (χ1) is 9.11. The summed E-state index contributed by atoms with van der Waals surface area (Å²) in [6, 6.07) is 7.95. The molecule has 0 atom stereocenters. The number of benzene rings is 1. The molecule has 0 aromatic heterocycles. The molecule has 0 amide bonds. The Kier molecular flexibility index (Phi) is 7.22.